The van der Waals surface area contributed by atoms with Gasteiger partial charge in [-0.15, -0.1) is 0 Å². The molecule has 19 heavy (non-hydrogen) atoms. The number of nitrogens with one attached hydrogen (secondary N) is 1. The summed E-state index contributed by atoms with van der Waals surface area (Å²) in [6, 6.07) is 0.102. The molecule has 7 heteroatoms. The van der Waals surface area contributed by atoms with E-state index in [0.29, 0.717) is 24.7 Å². The largest absolute Gasteiger partial charge is 0.376 e. The van der Waals surface area contributed by atoms with Gasteiger partial charge in [-0.2, -0.15) is 5.10 Å². The van der Waals surface area contributed by atoms with E-state index in [0.717, 1.165) is 12.8 Å². The van der Waals surface area contributed by atoms with Gasteiger partial charge in [0.2, 0.25) is 5.82 Å². The average molecular weight is 268 g/mol. The summed E-state index contributed by atoms with van der Waals surface area (Å²) < 4.78 is 7.18. The lowest BCUT2D eigenvalue weighted by Gasteiger charge is -2.17. The maximum Gasteiger partial charge on any atom is 0.333 e. The zero-order valence-corrected chi connectivity index (χ0v) is 11.5. The van der Waals surface area contributed by atoms with Crippen LogP contribution in [0.25, 0.3) is 0 Å². The first-order valence-electron chi connectivity index (χ1n) is 6.64. The molecule has 0 aromatic carbocycles. The zero-order chi connectivity index (χ0) is 14.0. The number of anilines is 1. The number of ether oxygens (including phenoxy) is 1. The van der Waals surface area contributed by atoms with Crippen LogP contribution in [0, 0.1) is 17.0 Å². The van der Waals surface area contributed by atoms with E-state index in [-0.39, 0.29) is 22.8 Å². The van der Waals surface area contributed by atoms with Gasteiger partial charge in [-0.05, 0) is 26.7 Å². The molecule has 1 aliphatic heterocycles. The highest BCUT2D eigenvalue weighted by Gasteiger charge is 2.31. The first-order chi connectivity index (χ1) is 9.04. The van der Waals surface area contributed by atoms with Crippen LogP contribution in [0.15, 0.2) is 0 Å². The molecular weight excluding hydrogens is 248 g/mol. The minimum atomic E-state index is -0.364. The predicted molar refractivity (Wildman–Crippen MR) is 71.4 cm³/mol. The molecular formula is C12H20N4O3. The molecule has 0 amide bonds. The van der Waals surface area contributed by atoms with Crippen LogP contribution in [0.2, 0.25) is 0 Å². The van der Waals surface area contributed by atoms with Crippen LogP contribution >= 0.6 is 0 Å². The van der Waals surface area contributed by atoms with Gasteiger partial charge in [0.05, 0.1) is 17.1 Å². The third kappa shape index (κ3) is 2.70. The number of nitrogens with zero attached hydrogens (tertiary/aromatic N) is 3. The lowest BCUT2D eigenvalue weighted by molar-refractivity contribution is -0.384. The Morgan fingerprint density at radius 3 is 2.89 bits per heavy atom. The van der Waals surface area contributed by atoms with Crippen LogP contribution in [-0.4, -0.2) is 33.5 Å². The van der Waals surface area contributed by atoms with Crippen molar-refractivity contribution in [3.63, 3.8) is 0 Å². The summed E-state index contributed by atoms with van der Waals surface area (Å²) in [4.78, 5) is 10.8. The molecule has 1 saturated heterocycles. The molecule has 0 spiro atoms. The standard InChI is InChI=1S/C12H20N4O3/c1-4-6-15-12(11(16(17)18)8(2)14-15)13-10-5-7-19-9(10)3/h9-10,13H,4-7H2,1-3H3. The molecule has 0 radical (unpaired) electrons. The molecule has 0 bridgehead atoms. The van der Waals surface area contributed by atoms with Crippen LogP contribution in [-0.2, 0) is 11.3 Å². The minimum absolute atomic E-state index is 0.0601. The number of aryl methyl sites for hydroxylation is 2. The van der Waals surface area contributed by atoms with Gasteiger partial charge in [-0.3, -0.25) is 10.1 Å². The normalized spacial score (nSPS) is 22.7. The molecule has 0 aliphatic carbocycles. The van der Waals surface area contributed by atoms with E-state index in [1.54, 1.807) is 11.6 Å². The van der Waals surface area contributed by atoms with Gasteiger partial charge < -0.3 is 10.1 Å². The van der Waals surface area contributed by atoms with Crippen molar-refractivity contribution in [2.45, 2.75) is 52.3 Å². The van der Waals surface area contributed by atoms with Crippen LogP contribution in [0.4, 0.5) is 11.5 Å². The summed E-state index contributed by atoms with van der Waals surface area (Å²) in [5, 5.41) is 18.7. The molecule has 2 rings (SSSR count). The van der Waals surface area contributed by atoms with Gasteiger partial charge >= 0.3 is 5.69 Å². The molecule has 7 nitrogen and oxygen atoms in total. The van der Waals surface area contributed by atoms with Crippen molar-refractivity contribution in [1.82, 2.24) is 9.78 Å². The highest BCUT2D eigenvalue weighted by atomic mass is 16.6. The predicted octanol–water partition coefficient (Wildman–Crippen LogP) is 2.10. The van der Waals surface area contributed by atoms with Crippen molar-refractivity contribution < 1.29 is 9.66 Å². The fourth-order valence-corrected chi connectivity index (χ4v) is 2.40. The van der Waals surface area contributed by atoms with Crippen LogP contribution in [0.5, 0.6) is 0 Å². The van der Waals surface area contributed by atoms with Crippen molar-refractivity contribution >= 4 is 11.5 Å². The number of hydrogen-bond donors (Lipinski definition) is 1. The first kappa shape index (κ1) is 13.8. The van der Waals surface area contributed by atoms with Gasteiger partial charge in [-0.1, -0.05) is 6.92 Å². The van der Waals surface area contributed by atoms with E-state index < -0.39 is 0 Å². The van der Waals surface area contributed by atoms with E-state index >= 15 is 0 Å². The maximum absolute atomic E-state index is 11.2. The summed E-state index contributed by atoms with van der Waals surface area (Å²) >= 11 is 0. The smallest absolute Gasteiger partial charge is 0.333 e. The Morgan fingerprint density at radius 1 is 1.63 bits per heavy atom. The van der Waals surface area contributed by atoms with E-state index in [9.17, 15) is 10.1 Å². The molecule has 1 N–H and O–H groups in total. The van der Waals surface area contributed by atoms with Gasteiger partial charge in [0.25, 0.3) is 0 Å². The topological polar surface area (TPSA) is 82.2 Å². The number of aromatic nitrogens is 2. The monoisotopic (exact) mass is 268 g/mol. The average Bonchev–Trinajstić information content (AvgIpc) is 2.85. The van der Waals surface area contributed by atoms with Gasteiger partial charge in [0.1, 0.15) is 5.69 Å². The molecule has 1 aliphatic rings. The van der Waals surface area contributed by atoms with Crippen molar-refractivity contribution in [1.29, 1.82) is 0 Å². The Balaban J connectivity index is 2.32. The number of hydrogen-bond acceptors (Lipinski definition) is 5. The highest BCUT2D eigenvalue weighted by Crippen LogP contribution is 2.30. The van der Waals surface area contributed by atoms with Crippen LogP contribution in [0.1, 0.15) is 32.4 Å². The van der Waals surface area contributed by atoms with Gasteiger partial charge in [0, 0.05) is 13.2 Å². The fourth-order valence-electron chi connectivity index (χ4n) is 2.40. The quantitative estimate of drug-likeness (QED) is 0.653. The summed E-state index contributed by atoms with van der Waals surface area (Å²) in [6.45, 7) is 7.02. The second-order valence-electron chi connectivity index (χ2n) is 4.88. The Morgan fingerprint density at radius 2 is 2.37 bits per heavy atom. The molecule has 1 aromatic rings. The van der Waals surface area contributed by atoms with E-state index in [1.165, 1.54) is 0 Å². The molecule has 2 heterocycles. The van der Waals surface area contributed by atoms with Crippen molar-refractivity contribution in [2.24, 2.45) is 0 Å². The van der Waals surface area contributed by atoms with Crippen LogP contribution in [0.3, 0.4) is 0 Å². The summed E-state index contributed by atoms with van der Waals surface area (Å²) in [7, 11) is 0. The summed E-state index contributed by atoms with van der Waals surface area (Å²) in [6.07, 6.45) is 1.79. The van der Waals surface area contributed by atoms with Crippen molar-refractivity contribution in [3.05, 3.63) is 15.8 Å². The molecule has 106 valence electrons. The highest BCUT2D eigenvalue weighted by molar-refractivity contribution is 5.60. The summed E-state index contributed by atoms with van der Waals surface area (Å²) in [5.74, 6) is 0.506. The zero-order valence-electron chi connectivity index (χ0n) is 11.5. The molecule has 2 unspecified atom stereocenters. The Bertz CT molecular complexity index is 472. The van der Waals surface area contributed by atoms with E-state index in [4.69, 9.17) is 4.74 Å². The number of nitro groups is 1. The summed E-state index contributed by atoms with van der Waals surface area (Å²) in [5.41, 5.74) is 0.528. The SMILES string of the molecule is CCCn1nc(C)c([N+](=O)[O-])c1NC1CCOC1C. The van der Waals surface area contributed by atoms with Gasteiger partial charge in [0.15, 0.2) is 0 Å². The second kappa shape index (κ2) is 5.56. The maximum atomic E-state index is 11.2. The van der Waals surface area contributed by atoms with E-state index in [1.807, 2.05) is 13.8 Å². The minimum Gasteiger partial charge on any atom is -0.376 e. The lowest BCUT2D eigenvalue weighted by Crippen LogP contribution is -2.28. The Hall–Kier alpha value is -1.63. The molecule has 0 saturated carbocycles. The second-order valence-corrected chi connectivity index (χ2v) is 4.88. The Kier molecular flexibility index (Phi) is 4.04. The fraction of sp³-hybridized carbons (Fsp3) is 0.750. The van der Waals surface area contributed by atoms with Crippen molar-refractivity contribution in [2.75, 3.05) is 11.9 Å². The van der Waals surface area contributed by atoms with Gasteiger partial charge in [-0.25, -0.2) is 4.68 Å². The van der Waals surface area contributed by atoms with Crippen molar-refractivity contribution in [3.8, 4) is 0 Å². The Labute approximate surface area is 112 Å². The third-order valence-corrected chi connectivity index (χ3v) is 3.41. The number of rotatable bonds is 5. The third-order valence-electron chi connectivity index (χ3n) is 3.41. The first-order valence-corrected chi connectivity index (χ1v) is 6.64. The molecule has 2 atom stereocenters. The molecule has 1 fully saturated rings. The van der Waals surface area contributed by atoms with Crippen LogP contribution < -0.4 is 5.32 Å². The molecule has 1 aromatic heterocycles. The van der Waals surface area contributed by atoms with E-state index in [2.05, 4.69) is 10.4 Å². The lowest BCUT2D eigenvalue weighted by atomic mass is 10.1.